The highest BCUT2D eigenvalue weighted by molar-refractivity contribution is 9.10. The lowest BCUT2D eigenvalue weighted by Gasteiger charge is -2.09. The molecular weight excluding hydrogens is 390 g/mol. The maximum atomic E-state index is 12.2. The van der Waals surface area contributed by atoms with Gasteiger partial charge in [0, 0.05) is 10.2 Å². The molecule has 0 aliphatic heterocycles. The highest BCUT2D eigenvalue weighted by atomic mass is 79.9. The third kappa shape index (κ3) is 3.88. The lowest BCUT2D eigenvalue weighted by atomic mass is 10.3. The number of sulfone groups is 1. The predicted octanol–water partition coefficient (Wildman–Crippen LogP) is 3.04. The van der Waals surface area contributed by atoms with Crippen molar-refractivity contribution in [1.82, 2.24) is 0 Å². The van der Waals surface area contributed by atoms with Crippen LogP contribution in [0.5, 0.6) is 0 Å². The van der Waals surface area contributed by atoms with Gasteiger partial charge < -0.3 is 0 Å². The minimum atomic E-state index is -3.72. The summed E-state index contributed by atoms with van der Waals surface area (Å²) < 4.78 is 51.0. The summed E-state index contributed by atoms with van der Waals surface area (Å²) in [6.07, 6.45) is 0. The first-order chi connectivity index (χ1) is 10.2. The number of hydrogen-bond acceptors (Lipinski definition) is 4. The van der Waals surface area contributed by atoms with Gasteiger partial charge in [-0.1, -0.05) is 28.9 Å². The van der Waals surface area contributed by atoms with Crippen LogP contribution in [0, 0.1) is 0 Å². The molecule has 22 heavy (non-hydrogen) atoms. The van der Waals surface area contributed by atoms with Gasteiger partial charge in [0.1, 0.15) is 0 Å². The lowest BCUT2D eigenvalue weighted by Crippen LogP contribution is -2.13. The zero-order chi connectivity index (χ0) is 16.4. The Bertz CT molecular complexity index is 875. The van der Waals surface area contributed by atoms with Gasteiger partial charge in [0.2, 0.25) is 0 Å². The SMILES string of the molecule is CCS(=O)(=O)c1ccc(NS(=O)(=O)c2cccc(Br)c2)cc1. The van der Waals surface area contributed by atoms with Crippen LogP contribution in [0.4, 0.5) is 5.69 Å². The molecule has 0 radical (unpaired) electrons. The molecule has 0 heterocycles. The van der Waals surface area contributed by atoms with E-state index in [-0.39, 0.29) is 15.5 Å². The summed E-state index contributed by atoms with van der Waals surface area (Å²) in [6, 6.07) is 11.9. The molecule has 5 nitrogen and oxygen atoms in total. The van der Waals surface area contributed by atoms with E-state index in [2.05, 4.69) is 20.7 Å². The number of hydrogen-bond donors (Lipinski definition) is 1. The smallest absolute Gasteiger partial charge is 0.261 e. The highest BCUT2D eigenvalue weighted by Gasteiger charge is 2.15. The van der Waals surface area contributed by atoms with Crippen molar-refractivity contribution in [2.24, 2.45) is 0 Å². The van der Waals surface area contributed by atoms with E-state index in [1.165, 1.54) is 36.4 Å². The van der Waals surface area contributed by atoms with Gasteiger partial charge in [-0.15, -0.1) is 0 Å². The predicted molar refractivity (Wildman–Crippen MR) is 89.1 cm³/mol. The quantitative estimate of drug-likeness (QED) is 0.831. The Morgan fingerprint density at radius 1 is 0.955 bits per heavy atom. The molecule has 0 saturated carbocycles. The van der Waals surface area contributed by atoms with Gasteiger partial charge >= 0.3 is 0 Å². The number of benzene rings is 2. The average Bonchev–Trinajstić information content (AvgIpc) is 2.47. The summed E-state index contributed by atoms with van der Waals surface area (Å²) in [6.45, 7) is 1.55. The molecule has 0 aliphatic rings. The molecule has 0 bridgehead atoms. The van der Waals surface area contributed by atoms with Crippen molar-refractivity contribution < 1.29 is 16.8 Å². The standard InChI is InChI=1S/C14H14BrNO4S2/c1-2-21(17,18)13-8-6-12(7-9-13)16-22(19,20)14-5-3-4-11(15)10-14/h3-10,16H,2H2,1H3. The van der Waals surface area contributed by atoms with Crippen molar-refractivity contribution >= 4 is 41.5 Å². The van der Waals surface area contributed by atoms with Crippen LogP contribution < -0.4 is 4.72 Å². The Hall–Kier alpha value is -1.38. The summed E-state index contributed by atoms with van der Waals surface area (Å²) in [4.78, 5) is 0.285. The van der Waals surface area contributed by atoms with E-state index in [1.54, 1.807) is 19.1 Å². The third-order valence-corrected chi connectivity index (χ3v) is 6.57. The van der Waals surface area contributed by atoms with Crippen molar-refractivity contribution in [2.45, 2.75) is 16.7 Å². The van der Waals surface area contributed by atoms with Gasteiger partial charge in [-0.2, -0.15) is 0 Å². The van der Waals surface area contributed by atoms with Crippen molar-refractivity contribution in [3.63, 3.8) is 0 Å². The molecule has 0 aliphatic carbocycles. The first-order valence-electron chi connectivity index (χ1n) is 6.36. The van der Waals surface area contributed by atoms with Gasteiger partial charge in [-0.3, -0.25) is 4.72 Å². The topological polar surface area (TPSA) is 80.3 Å². The summed E-state index contributed by atoms with van der Waals surface area (Å²) in [7, 11) is -7.02. The molecule has 2 aromatic rings. The molecule has 118 valence electrons. The Morgan fingerprint density at radius 3 is 2.14 bits per heavy atom. The van der Waals surface area contributed by atoms with Crippen LogP contribution in [0.1, 0.15) is 6.92 Å². The van der Waals surface area contributed by atoms with Crippen LogP contribution in [0.3, 0.4) is 0 Å². The zero-order valence-corrected chi connectivity index (χ0v) is 14.9. The second kappa shape index (κ2) is 6.39. The largest absolute Gasteiger partial charge is 0.280 e. The number of nitrogens with one attached hydrogen (secondary N) is 1. The van der Waals surface area contributed by atoms with Crippen LogP contribution in [0.2, 0.25) is 0 Å². The summed E-state index contributed by atoms with van der Waals surface area (Å²) >= 11 is 3.22. The minimum Gasteiger partial charge on any atom is -0.280 e. The van der Waals surface area contributed by atoms with Crippen LogP contribution >= 0.6 is 15.9 Å². The van der Waals surface area contributed by atoms with Gasteiger partial charge in [-0.25, -0.2) is 16.8 Å². The maximum Gasteiger partial charge on any atom is 0.261 e. The molecule has 0 unspecified atom stereocenters. The number of halogens is 1. The first-order valence-corrected chi connectivity index (χ1v) is 10.3. The van der Waals surface area contributed by atoms with Crippen molar-refractivity contribution in [2.75, 3.05) is 10.5 Å². The Balaban J connectivity index is 2.28. The summed E-state index contributed by atoms with van der Waals surface area (Å²) in [5.74, 6) is -0.00385. The van der Waals surface area contributed by atoms with Crippen molar-refractivity contribution in [1.29, 1.82) is 0 Å². The van der Waals surface area contributed by atoms with Crippen molar-refractivity contribution in [3.05, 3.63) is 53.0 Å². The molecule has 0 atom stereocenters. The highest BCUT2D eigenvalue weighted by Crippen LogP contribution is 2.21. The van der Waals surface area contributed by atoms with Gasteiger partial charge in [0.05, 0.1) is 15.5 Å². The normalized spacial score (nSPS) is 12.1. The molecule has 0 amide bonds. The molecule has 0 fully saturated rings. The molecule has 8 heteroatoms. The fourth-order valence-corrected chi connectivity index (χ4v) is 4.28. The molecule has 0 saturated heterocycles. The lowest BCUT2D eigenvalue weighted by molar-refractivity contribution is 0.597. The van der Waals surface area contributed by atoms with E-state index >= 15 is 0 Å². The van der Waals surface area contributed by atoms with E-state index in [4.69, 9.17) is 0 Å². The second-order valence-electron chi connectivity index (χ2n) is 4.49. The summed E-state index contributed by atoms with van der Waals surface area (Å²) in [5, 5.41) is 0. The van der Waals surface area contributed by atoms with E-state index < -0.39 is 19.9 Å². The molecule has 2 aromatic carbocycles. The minimum absolute atomic E-state index is 0.00385. The summed E-state index contributed by atoms with van der Waals surface area (Å²) in [5.41, 5.74) is 0.301. The zero-order valence-electron chi connectivity index (χ0n) is 11.7. The maximum absolute atomic E-state index is 12.2. The number of rotatable bonds is 5. The number of sulfonamides is 1. The van der Waals surface area contributed by atoms with Gasteiger partial charge in [-0.05, 0) is 42.5 Å². The van der Waals surface area contributed by atoms with E-state index in [9.17, 15) is 16.8 Å². The van der Waals surface area contributed by atoms with Crippen molar-refractivity contribution in [3.8, 4) is 0 Å². The average molecular weight is 404 g/mol. The van der Waals surface area contributed by atoms with Crippen LogP contribution in [-0.4, -0.2) is 22.6 Å². The molecular formula is C14H14BrNO4S2. The third-order valence-electron chi connectivity index (χ3n) is 2.95. The fraction of sp³-hybridized carbons (Fsp3) is 0.143. The number of anilines is 1. The molecule has 0 aromatic heterocycles. The first kappa shape index (κ1) is 17.0. The van der Waals surface area contributed by atoms with Crippen LogP contribution in [0.15, 0.2) is 62.8 Å². The Kier molecular flexibility index (Phi) is 4.93. The fourth-order valence-electron chi connectivity index (χ4n) is 1.75. The van der Waals surface area contributed by atoms with E-state index in [0.29, 0.717) is 10.2 Å². The molecule has 1 N–H and O–H groups in total. The van der Waals surface area contributed by atoms with E-state index in [0.717, 1.165) is 0 Å². The van der Waals surface area contributed by atoms with Crippen LogP contribution in [-0.2, 0) is 19.9 Å². The Morgan fingerprint density at radius 2 is 1.59 bits per heavy atom. The Labute approximate surface area is 138 Å². The molecule has 2 rings (SSSR count). The second-order valence-corrected chi connectivity index (χ2v) is 9.37. The monoisotopic (exact) mass is 403 g/mol. The van der Waals surface area contributed by atoms with Gasteiger partial charge in [0.25, 0.3) is 10.0 Å². The van der Waals surface area contributed by atoms with Gasteiger partial charge in [0.15, 0.2) is 9.84 Å². The van der Waals surface area contributed by atoms with Crippen LogP contribution in [0.25, 0.3) is 0 Å². The van der Waals surface area contributed by atoms with E-state index in [1.807, 2.05) is 0 Å². The molecule has 0 spiro atoms.